The first-order valence-electron chi connectivity index (χ1n) is 7.25. The maximum absolute atomic E-state index is 12.1. The maximum Gasteiger partial charge on any atom is 0.250 e. The molecule has 0 N–H and O–H groups in total. The van der Waals surface area contributed by atoms with Gasteiger partial charge in [-0.1, -0.05) is 35.9 Å². The van der Waals surface area contributed by atoms with Crippen LogP contribution in [-0.4, -0.2) is 11.7 Å². The van der Waals surface area contributed by atoms with Crippen LogP contribution in [0.3, 0.4) is 0 Å². The molecule has 1 aromatic heterocycles. The summed E-state index contributed by atoms with van der Waals surface area (Å²) in [6.07, 6.45) is 1.87. The predicted octanol–water partition coefficient (Wildman–Crippen LogP) is 4.23. The summed E-state index contributed by atoms with van der Waals surface area (Å²) >= 11 is 6.01. The summed E-state index contributed by atoms with van der Waals surface area (Å²) < 4.78 is 6.86. The second-order valence-electron chi connectivity index (χ2n) is 5.24. The smallest absolute Gasteiger partial charge is 0.250 e. The lowest BCUT2D eigenvalue weighted by Gasteiger charge is -2.09. The highest BCUT2D eigenvalue weighted by molar-refractivity contribution is 6.30. The Kier molecular flexibility index (Phi) is 4.49. The Morgan fingerprint density at radius 1 is 1.00 bits per heavy atom. The van der Waals surface area contributed by atoms with Crippen LogP contribution >= 0.6 is 11.6 Å². The van der Waals surface area contributed by atoms with E-state index < -0.39 is 0 Å². The number of benzene rings is 2. The Bertz CT molecular complexity index is 869. The zero-order valence-corrected chi connectivity index (χ0v) is 13.5. The van der Waals surface area contributed by atoms with Crippen LogP contribution in [0.2, 0.25) is 5.02 Å². The molecule has 0 spiro atoms. The summed E-state index contributed by atoms with van der Waals surface area (Å²) in [5, 5.41) is 0.668. The third kappa shape index (κ3) is 3.63. The summed E-state index contributed by atoms with van der Waals surface area (Å²) in [5.41, 5.74) is 2.97. The van der Waals surface area contributed by atoms with Gasteiger partial charge < -0.3 is 9.30 Å². The van der Waals surface area contributed by atoms with Crippen molar-refractivity contribution in [2.75, 3.05) is 7.11 Å². The topological polar surface area (TPSA) is 31.2 Å². The van der Waals surface area contributed by atoms with Gasteiger partial charge in [0.25, 0.3) is 5.56 Å². The monoisotopic (exact) mass is 325 g/mol. The number of hydrogen-bond donors (Lipinski definition) is 0. The first-order chi connectivity index (χ1) is 11.2. The van der Waals surface area contributed by atoms with Crippen LogP contribution in [-0.2, 0) is 6.54 Å². The minimum absolute atomic E-state index is 0.0396. The van der Waals surface area contributed by atoms with Crippen molar-refractivity contribution in [2.45, 2.75) is 6.54 Å². The molecule has 0 atom stereocenters. The van der Waals surface area contributed by atoms with Crippen LogP contribution in [0.25, 0.3) is 11.1 Å². The van der Waals surface area contributed by atoms with Gasteiger partial charge in [0.2, 0.25) is 0 Å². The Morgan fingerprint density at radius 2 is 1.74 bits per heavy atom. The zero-order valence-electron chi connectivity index (χ0n) is 12.7. The molecule has 0 saturated heterocycles. The first kappa shape index (κ1) is 15.4. The van der Waals surface area contributed by atoms with E-state index in [-0.39, 0.29) is 5.56 Å². The SMILES string of the molecule is COc1ccc(-c2ccc(=O)n(Cc3cccc(Cl)c3)c2)cc1. The van der Waals surface area contributed by atoms with Crippen molar-refractivity contribution >= 4 is 11.6 Å². The maximum atomic E-state index is 12.1. The number of halogens is 1. The standard InChI is InChI=1S/C19H16ClNO2/c1-23-18-8-5-15(6-9-18)16-7-10-19(22)21(13-16)12-14-3-2-4-17(20)11-14/h2-11,13H,12H2,1H3. The summed E-state index contributed by atoms with van der Waals surface area (Å²) in [5.74, 6) is 0.806. The number of hydrogen-bond acceptors (Lipinski definition) is 2. The minimum atomic E-state index is -0.0396. The van der Waals surface area contributed by atoms with E-state index in [0.29, 0.717) is 11.6 Å². The molecular formula is C19H16ClNO2. The largest absolute Gasteiger partial charge is 0.497 e. The molecule has 116 valence electrons. The van der Waals surface area contributed by atoms with E-state index in [2.05, 4.69) is 0 Å². The zero-order chi connectivity index (χ0) is 16.2. The molecule has 0 fully saturated rings. The van der Waals surface area contributed by atoms with Crippen molar-refractivity contribution in [2.24, 2.45) is 0 Å². The number of nitrogens with zero attached hydrogens (tertiary/aromatic N) is 1. The van der Waals surface area contributed by atoms with Crippen molar-refractivity contribution in [3.63, 3.8) is 0 Å². The number of ether oxygens (including phenoxy) is 1. The summed E-state index contributed by atoms with van der Waals surface area (Å²) in [4.78, 5) is 12.1. The van der Waals surface area contributed by atoms with Crippen molar-refractivity contribution in [1.29, 1.82) is 0 Å². The highest BCUT2D eigenvalue weighted by Gasteiger charge is 2.03. The number of pyridine rings is 1. The van der Waals surface area contributed by atoms with Gasteiger partial charge >= 0.3 is 0 Å². The highest BCUT2D eigenvalue weighted by atomic mass is 35.5. The van der Waals surface area contributed by atoms with Crippen molar-refractivity contribution in [1.82, 2.24) is 4.57 Å². The van der Waals surface area contributed by atoms with Gasteiger partial charge in [0.05, 0.1) is 13.7 Å². The van der Waals surface area contributed by atoms with Gasteiger partial charge in [0.15, 0.2) is 0 Å². The average molecular weight is 326 g/mol. The fourth-order valence-corrected chi connectivity index (χ4v) is 2.65. The summed E-state index contributed by atoms with van der Waals surface area (Å²) in [6.45, 7) is 0.489. The lowest BCUT2D eigenvalue weighted by molar-refractivity contribution is 0.415. The quantitative estimate of drug-likeness (QED) is 0.719. The minimum Gasteiger partial charge on any atom is -0.497 e. The molecule has 0 bridgehead atoms. The van der Waals surface area contributed by atoms with Gasteiger partial charge in [0.1, 0.15) is 5.75 Å². The molecule has 0 saturated carbocycles. The Labute approximate surface area is 139 Å². The van der Waals surface area contributed by atoms with E-state index in [1.165, 1.54) is 0 Å². The molecule has 0 unspecified atom stereocenters. The molecular weight excluding hydrogens is 310 g/mol. The molecule has 3 rings (SSSR count). The van der Waals surface area contributed by atoms with Gasteiger partial charge in [-0.3, -0.25) is 4.79 Å². The highest BCUT2D eigenvalue weighted by Crippen LogP contribution is 2.21. The van der Waals surface area contributed by atoms with Crippen LogP contribution < -0.4 is 10.3 Å². The van der Waals surface area contributed by atoms with E-state index in [9.17, 15) is 4.79 Å². The molecule has 0 aliphatic rings. The Balaban J connectivity index is 1.93. The van der Waals surface area contributed by atoms with Crippen LogP contribution in [0.15, 0.2) is 71.7 Å². The molecule has 1 heterocycles. The lowest BCUT2D eigenvalue weighted by Crippen LogP contribution is -2.19. The normalized spacial score (nSPS) is 10.5. The van der Waals surface area contributed by atoms with E-state index in [0.717, 1.165) is 22.4 Å². The lowest BCUT2D eigenvalue weighted by atomic mass is 10.1. The van der Waals surface area contributed by atoms with Crippen molar-refractivity contribution < 1.29 is 4.74 Å². The van der Waals surface area contributed by atoms with Gasteiger partial charge in [-0.2, -0.15) is 0 Å². The van der Waals surface area contributed by atoms with Gasteiger partial charge in [0, 0.05) is 17.3 Å². The Hall–Kier alpha value is -2.52. The molecule has 0 radical (unpaired) electrons. The van der Waals surface area contributed by atoms with E-state index in [1.807, 2.05) is 60.8 Å². The summed E-state index contributed by atoms with van der Waals surface area (Å²) in [6, 6.07) is 18.7. The molecule has 23 heavy (non-hydrogen) atoms. The third-order valence-corrected chi connectivity index (χ3v) is 3.88. The molecule has 0 aliphatic carbocycles. The predicted molar refractivity (Wildman–Crippen MR) is 93.2 cm³/mol. The molecule has 0 aliphatic heterocycles. The first-order valence-corrected chi connectivity index (χ1v) is 7.63. The van der Waals surface area contributed by atoms with Gasteiger partial charge in [-0.15, -0.1) is 0 Å². The molecule has 2 aromatic carbocycles. The fourth-order valence-electron chi connectivity index (χ4n) is 2.44. The van der Waals surface area contributed by atoms with Gasteiger partial charge in [-0.05, 0) is 47.0 Å². The van der Waals surface area contributed by atoms with E-state index >= 15 is 0 Å². The van der Waals surface area contributed by atoms with E-state index in [4.69, 9.17) is 16.3 Å². The van der Waals surface area contributed by atoms with E-state index in [1.54, 1.807) is 17.7 Å². The number of methoxy groups -OCH3 is 1. The van der Waals surface area contributed by atoms with Crippen LogP contribution in [0.5, 0.6) is 5.75 Å². The molecule has 3 aromatic rings. The van der Waals surface area contributed by atoms with Gasteiger partial charge in [-0.25, -0.2) is 0 Å². The molecule has 4 heteroatoms. The second-order valence-corrected chi connectivity index (χ2v) is 5.68. The third-order valence-electron chi connectivity index (χ3n) is 3.65. The Morgan fingerprint density at radius 3 is 2.43 bits per heavy atom. The van der Waals surface area contributed by atoms with Crippen LogP contribution in [0.4, 0.5) is 0 Å². The van der Waals surface area contributed by atoms with Crippen molar-refractivity contribution in [3.8, 4) is 16.9 Å². The molecule has 3 nitrogen and oxygen atoms in total. The number of rotatable bonds is 4. The van der Waals surface area contributed by atoms with Crippen molar-refractivity contribution in [3.05, 3.63) is 87.8 Å². The summed E-state index contributed by atoms with van der Waals surface area (Å²) in [7, 11) is 1.64. The van der Waals surface area contributed by atoms with Crippen LogP contribution in [0, 0.1) is 0 Å². The number of aromatic nitrogens is 1. The second kappa shape index (κ2) is 6.71. The molecule has 0 amide bonds. The fraction of sp³-hybridized carbons (Fsp3) is 0.105. The van der Waals surface area contributed by atoms with Crippen LogP contribution in [0.1, 0.15) is 5.56 Å². The average Bonchev–Trinajstić information content (AvgIpc) is 2.57.